The summed E-state index contributed by atoms with van der Waals surface area (Å²) in [5, 5.41) is 0.204. The first kappa shape index (κ1) is 26.6. The number of alkyl halides is 3. The summed E-state index contributed by atoms with van der Waals surface area (Å²) in [4.78, 5) is 20.9. The van der Waals surface area contributed by atoms with Crippen LogP contribution in [0.3, 0.4) is 0 Å². The van der Waals surface area contributed by atoms with Crippen LogP contribution in [0.4, 0.5) is 33.6 Å². The first-order valence-electron chi connectivity index (χ1n) is 13.3. The minimum Gasteiger partial charge on any atom is -0.461 e. The van der Waals surface area contributed by atoms with Crippen molar-refractivity contribution in [2.75, 3.05) is 43.4 Å². The Labute approximate surface area is 227 Å². The molecule has 0 spiro atoms. The summed E-state index contributed by atoms with van der Waals surface area (Å²) >= 11 is 0. The first-order chi connectivity index (χ1) is 19.2. The molecule has 0 bridgehead atoms. The molecule has 212 valence electrons. The smallest absolute Gasteiger partial charge is 0.421 e. The van der Waals surface area contributed by atoms with Crippen molar-refractivity contribution in [2.24, 2.45) is 0 Å². The summed E-state index contributed by atoms with van der Waals surface area (Å²) in [6, 6.07) is 0.367. The maximum absolute atomic E-state index is 16.1. The van der Waals surface area contributed by atoms with Crippen molar-refractivity contribution in [3.8, 4) is 17.4 Å². The normalized spacial score (nSPS) is 19.3. The summed E-state index contributed by atoms with van der Waals surface area (Å²) in [5.74, 6) is -3.03. The van der Waals surface area contributed by atoms with E-state index in [9.17, 15) is 17.6 Å². The number of nitrogens with zero attached hydrogens (tertiary/aromatic N) is 6. The largest absolute Gasteiger partial charge is 0.461 e. The molecule has 0 unspecified atom stereocenters. The highest BCUT2D eigenvalue weighted by molar-refractivity contribution is 5.92. The number of halogens is 5. The summed E-state index contributed by atoms with van der Waals surface area (Å²) in [7, 11) is 0. The zero-order valence-corrected chi connectivity index (χ0v) is 21.6. The standard InChI is InChI=1S/C27H28F5N7O/c28-17-13-18(33)35-22(19(17)27(30,31)32)23-20(29)21-16(14-34-23)24(38-9-3-1-2-4-10-38)37-25(36-21)40-15-26-7-5-11-39(26)12-6-8-26/h1-2,13-14H,3-12,15H2,(H2,33,35). The van der Waals surface area contributed by atoms with Crippen LogP contribution in [0, 0.1) is 11.6 Å². The van der Waals surface area contributed by atoms with Gasteiger partial charge in [-0.25, -0.2) is 13.8 Å². The van der Waals surface area contributed by atoms with Crippen molar-refractivity contribution < 1.29 is 26.7 Å². The minimum absolute atomic E-state index is 0.0772. The Balaban J connectivity index is 1.48. The summed E-state index contributed by atoms with van der Waals surface area (Å²) < 4.78 is 78.1. The number of aromatic nitrogens is 4. The van der Waals surface area contributed by atoms with Gasteiger partial charge in [0, 0.05) is 25.4 Å². The van der Waals surface area contributed by atoms with E-state index in [0.29, 0.717) is 31.6 Å². The van der Waals surface area contributed by atoms with Crippen LogP contribution in [0.1, 0.15) is 44.1 Å². The fraction of sp³-hybridized carbons (Fsp3) is 0.481. The van der Waals surface area contributed by atoms with Gasteiger partial charge >= 0.3 is 12.2 Å². The highest BCUT2D eigenvalue weighted by atomic mass is 19.4. The molecule has 0 saturated carbocycles. The van der Waals surface area contributed by atoms with Crippen molar-refractivity contribution in [1.29, 1.82) is 0 Å². The van der Waals surface area contributed by atoms with Gasteiger partial charge in [-0.1, -0.05) is 12.2 Å². The topological polar surface area (TPSA) is 93.3 Å². The highest BCUT2D eigenvalue weighted by Crippen LogP contribution is 2.41. The second-order valence-corrected chi connectivity index (χ2v) is 10.5. The number of nitrogens with two attached hydrogens (primary N) is 1. The molecule has 2 saturated heterocycles. The number of nitrogen functional groups attached to an aromatic ring is 1. The van der Waals surface area contributed by atoms with E-state index in [-0.39, 0.29) is 22.5 Å². The number of rotatable bonds is 5. The van der Waals surface area contributed by atoms with Crippen molar-refractivity contribution in [3.05, 3.63) is 41.6 Å². The second-order valence-electron chi connectivity index (χ2n) is 10.5. The third-order valence-corrected chi connectivity index (χ3v) is 8.02. The van der Waals surface area contributed by atoms with E-state index in [4.69, 9.17) is 10.5 Å². The third-order valence-electron chi connectivity index (χ3n) is 8.02. The van der Waals surface area contributed by atoms with Gasteiger partial charge in [-0.15, -0.1) is 0 Å². The van der Waals surface area contributed by atoms with Gasteiger partial charge in [-0.3, -0.25) is 9.88 Å². The quantitative estimate of drug-likeness (QED) is 0.339. The highest BCUT2D eigenvalue weighted by Gasteiger charge is 2.45. The molecule has 40 heavy (non-hydrogen) atoms. The average Bonchev–Trinajstić information content (AvgIpc) is 3.36. The van der Waals surface area contributed by atoms with Gasteiger partial charge in [0.1, 0.15) is 46.5 Å². The second kappa shape index (κ2) is 10.1. The van der Waals surface area contributed by atoms with Gasteiger partial charge in [-0.2, -0.15) is 23.1 Å². The number of ether oxygens (including phenoxy) is 1. The molecular formula is C27H28F5N7O. The molecule has 0 amide bonds. The van der Waals surface area contributed by atoms with Crippen LogP contribution in [-0.2, 0) is 6.18 Å². The molecule has 3 aromatic heterocycles. The van der Waals surface area contributed by atoms with E-state index < -0.39 is 40.6 Å². The van der Waals surface area contributed by atoms with E-state index in [1.54, 1.807) is 0 Å². The predicted molar refractivity (Wildman–Crippen MR) is 139 cm³/mol. The molecular weight excluding hydrogens is 533 g/mol. The SMILES string of the molecule is Nc1cc(F)c(C(F)(F)F)c(-c2ncc3c(N4CCC=CCC4)nc(OCC45CCCN4CCC5)nc3c2F)n1. The number of hydrogen-bond acceptors (Lipinski definition) is 8. The average molecular weight is 562 g/mol. The number of anilines is 2. The van der Waals surface area contributed by atoms with Crippen molar-refractivity contribution in [3.63, 3.8) is 0 Å². The van der Waals surface area contributed by atoms with Gasteiger partial charge in [0.2, 0.25) is 0 Å². The maximum atomic E-state index is 16.1. The summed E-state index contributed by atoms with van der Waals surface area (Å²) in [6.45, 7) is 3.47. The molecule has 2 N–H and O–H groups in total. The molecule has 0 atom stereocenters. The Bertz CT molecular complexity index is 1460. The molecule has 8 nitrogen and oxygen atoms in total. The van der Waals surface area contributed by atoms with Crippen molar-refractivity contribution in [2.45, 2.75) is 50.2 Å². The number of hydrogen-bond donors (Lipinski definition) is 1. The molecule has 3 aliphatic rings. The van der Waals surface area contributed by atoms with E-state index in [2.05, 4.69) is 24.8 Å². The number of pyridine rings is 2. The van der Waals surface area contributed by atoms with Gasteiger partial charge < -0.3 is 15.4 Å². The van der Waals surface area contributed by atoms with Gasteiger partial charge in [0.05, 0.1) is 10.9 Å². The lowest BCUT2D eigenvalue weighted by atomic mass is 9.95. The monoisotopic (exact) mass is 561 g/mol. The minimum atomic E-state index is -5.17. The Morgan fingerprint density at radius 1 is 0.950 bits per heavy atom. The summed E-state index contributed by atoms with van der Waals surface area (Å²) in [5.41, 5.74) is 1.52. The lowest BCUT2D eigenvalue weighted by Gasteiger charge is -2.31. The predicted octanol–water partition coefficient (Wildman–Crippen LogP) is 5.13. The molecule has 6 heterocycles. The molecule has 0 aliphatic carbocycles. The molecule has 0 aromatic carbocycles. The fourth-order valence-corrected chi connectivity index (χ4v) is 6.15. The molecule has 3 aromatic rings. The van der Waals surface area contributed by atoms with Crippen LogP contribution in [0.5, 0.6) is 6.01 Å². The van der Waals surface area contributed by atoms with Crippen molar-refractivity contribution >= 4 is 22.5 Å². The van der Waals surface area contributed by atoms with Crippen molar-refractivity contribution in [1.82, 2.24) is 24.8 Å². The Hall–Kier alpha value is -3.61. The van der Waals surface area contributed by atoms with Gasteiger partial charge in [0.25, 0.3) is 0 Å². The van der Waals surface area contributed by atoms with E-state index >= 15 is 4.39 Å². The Kier molecular flexibility index (Phi) is 6.71. The molecule has 6 rings (SSSR count). The zero-order chi connectivity index (χ0) is 28.1. The summed E-state index contributed by atoms with van der Waals surface area (Å²) in [6.07, 6.45) is 5.65. The van der Waals surface area contributed by atoms with Crippen LogP contribution in [-0.4, -0.2) is 63.2 Å². The Morgan fingerprint density at radius 3 is 2.33 bits per heavy atom. The van der Waals surface area contributed by atoms with Crippen LogP contribution in [0.15, 0.2) is 24.4 Å². The molecule has 0 radical (unpaired) electrons. The fourth-order valence-electron chi connectivity index (χ4n) is 6.15. The maximum Gasteiger partial charge on any atom is 0.421 e. The molecule has 3 aliphatic heterocycles. The van der Waals surface area contributed by atoms with Crippen LogP contribution in [0.25, 0.3) is 22.3 Å². The van der Waals surface area contributed by atoms with Crippen LogP contribution in [0.2, 0.25) is 0 Å². The Morgan fingerprint density at radius 2 is 1.65 bits per heavy atom. The lowest BCUT2D eigenvalue weighted by molar-refractivity contribution is -0.139. The van der Waals surface area contributed by atoms with Gasteiger partial charge in [0.15, 0.2) is 5.82 Å². The zero-order valence-electron chi connectivity index (χ0n) is 21.6. The van der Waals surface area contributed by atoms with E-state index in [0.717, 1.165) is 51.6 Å². The third kappa shape index (κ3) is 4.69. The first-order valence-corrected chi connectivity index (χ1v) is 13.3. The number of fused-ring (bicyclic) bond motifs is 2. The van der Waals surface area contributed by atoms with Gasteiger partial charge in [-0.05, 0) is 51.6 Å². The molecule has 2 fully saturated rings. The van der Waals surface area contributed by atoms with Crippen LogP contribution >= 0.6 is 0 Å². The van der Waals surface area contributed by atoms with E-state index in [1.165, 1.54) is 6.20 Å². The molecule has 13 heteroatoms. The van der Waals surface area contributed by atoms with E-state index in [1.807, 2.05) is 17.1 Å². The van der Waals surface area contributed by atoms with Crippen LogP contribution < -0.4 is 15.4 Å². The lowest BCUT2D eigenvalue weighted by Crippen LogP contribution is -2.43.